The van der Waals surface area contributed by atoms with Gasteiger partial charge in [-0.15, -0.1) is 0 Å². The summed E-state index contributed by atoms with van der Waals surface area (Å²) < 4.78 is 0.964. The summed E-state index contributed by atoms with van der Waals surface area (Å²) in [6.45, 7) is 6.19. The highest BCUT2D eigenvalue weighted by atomic mass is 127. The Kier molecular flexibility index (Phi) is 3.07. The molecule has 0 saturated heterocycles. The van der Waals surface area contributed by atoms with Gasteiger partial charge in [0.15, 0.2) is 0 Å². The first-order valence-electron chi connectivity index (χ1n) is 5.22. The topological polar surface area (TPSA) is 76.7 Å². The zero-order valence-corrected chi connectivity index (χ0v) is 12.1. The Morgan fingerprint density at radius 2 is 1.94 bits per heavy atom. The number of halogens is 1. The van der Waals surface area contributed by atoms with Gasteiger partial charge in [0, 0.05) is 17.9 Å². The average molecular weight is 343 g/mol. The van der Waals surface area contributed by atoms with Gasteiger partial charge >= 0.3 is 0 Å². The lowest BCUT2D eigenvalue weighted by molar-refractivity contribution is 0.626. The quantitative estimate of drug-likeness (QED) is 0.778. The van der Waals surface area contributed by atoms with Gasteiger partial charge in [-0.3, -0.25) is 0 Å². The van der Waals surface area contributed by atoms with Crippen LogP contribution in [0.25, 0.3) is 10.9 Å². The Bertz CT molecular complexity index is 562. The molecule has 0 unspecified atom stereocenters. The van der Waals surface area contributed by atoms with Gasteiger partial charge < -0.3 is 11.1 Å². The molecule has 90 valence electrons. The highest BCUT2D eigenvalue weighted by Crippen LogP contribution is 2.23. The Balaban J connectivity index is 2.54. The number of aromatic nitrogens is 3. The van der Waals surface area contributed by atoms with Crippen LogP contribution in [0, 0.1) is 3.57 Å². The average Bonchev–Trinajstić information content (AvgIpc) is 2.21. The van der Waals surface area contributed by atoms with Crippen LogP contribution in [0.1, 0.15) is 20.8 Å². The molecule has 0 bridgehead atoms. The highest BCUT2D eigenvalue weighted by molar-refractivity contribution is 14.1. The van der Waals surface area contributed by atoms with Gasteiger partial charge in [0.1, 0.15) is 5.82 Å². The van der Waals surface area contributed by atoms with E-state index in [1.165, 1.54) is 0 Å². The Morgan fingerprint density at radius 3 is 2.59 bits per heavy atom. The molecule has 2 rings (SSSR count). The van der Waals surface area contributed by atoms with E-state index in [4.69, 9.17) is 5.73 Å². The minimum atomic E-state index is -0.0717. The SMILES string of the molecule is CC(C)(C)Nc1ncc2c(N)ncc(I)c2n1. The van der Waals surface area contributed by atoms with Crippen molar-refractivity contribution in [3.63, 3.8) is 0 Å². The van der Waals surface area contributed by atoms with E-state index >= 15 is 0 Å². The van der Waals surface area contributed by atoms with E-state index < -0.39 is 0 Å². The molecule has 0 atom stereocenters. The maximum atomic E-state index is 5.79. The van der Waals surface area contributed by atoms with Gasteiger partial charge in [-0.2, -0.15) is 0 Å². The fourth-order valence-corrected chi connectivity index (χ4v) is 1.95. The van der Waals surface area contributed by atoms with Crippen molar-refractivity contribution in [3.8, 4) is 0 Å². The summed E-state index contributed by atoms with van der Waals surface area (Å²) in [5.41, 5.74) is 6.55. The van der Waals surface area contributed by atoms with Crippen LogP contribution < -0.4 is 11.1 Å². The molecule has 0 aliphatic carbocycles. The molecule has 0 saturated carbocycles. The zero-order chi connectivity index (χ0) is 12.6. The van der Waals surface area contributed by atoms with Gasteiger partial charge in [0.25, 0.3) is 0 Å². The largest absolute Gasteiger partial charge is 0.383 e. The number of nitrogens with one attached hydrogen (secondary N) is 1. The molecule has 2 aromatic heterocycles. The fourth-order valence-electron chi connectivity index (χ4n) is 1.40. The summed E-state index contributed by atoms with van der Waals surface area (Å²) in [7, 11) is 0. The Morgan fingerprint density at radius 1 is 1.24 bits per heavy atom. The molecule has 2 heterocycles. The molecule has 5 nitrogen and oxygen atoms in total. The second-order valence-corrected chi connectivity index (χ2v) is 5.98. The lowest BCUT2D eigenvalue weighted by Crippen LogP contribution is -2.27. The molecule has 6 heteroatoms. The summed E-state index contributed by atoms with van der Waals surface area (Å²) in [5.74, 6) is 1.07. The maximum absolute atomic E-state index is 5.79. The first-order valence-corrected chi connectivity index (χ1v) is 6.29. The summed E-state index contributed by atoms with van der Waals surface area (Å²) in [4.78, 5) is 12.8. The Labute approximate surface area is 113 Å². The van der Waals surface area contributed by atoms with E-state index in [0.29, 0.717) is 11.8 Å². The standard InChI is InChI=1S/C11H14IN5/c1-11(2,3)17-10-15-4-6-8(16-10)7(12)5-14-9(6)13/h4-5H,1-3H3,(H2,13,14)(H,15,16,17). The van der Waals surface area contributed by atoms with Crippen LogP contribution in [0.3, 0.4) is 0 Å². The summed E-state index contributed by atoms with van der Waals surface area (Å²) in [5, 5.41) is 4.02. The van der Waals surface area contributed by atoms with Gasteiger partial charge in [-0.25, -0.2) is 15.0 Å². The highest BCUT2D eigenvalue weighted by Gasteiger charge is 2.13. The minimum Gasteiger partial charge on any atom is -0.383 e. The molecule has 0 aliphatic rings. The first-order chi connectivity index (χ1) is 7.87. The number of nitrogen functional groups attached to an aromatic ring is 1. The molecule has 3 N–H and O–H groups in total. The van der Waals surface area contributed by atoms with Crippen LogP contribution in [0.2, 0.25) is 0 Å². The molecule has 0 radical (unpaired) electrons. The van der Waals surface area contributed by atoms with Gasteiger partial charge in [0.05, 0.1) is 14.5 Å². The number of fused-ring (bicyclic) bond motifs is 1. The fraction of sp³-hybridized carbons (Fsp3) is 0.364. The normalized spacial score (nSPS) is 11.8. The van der Waals surface area contributed by atoms with Crippen molar-refractivity contribution in [2.75, 3.05) is 11.1 Å². The third-order valence-corrected chi connectivity index (χ3v) is 2.88. The van der Waals surface area contributed by atoms with Gasteiger partial charge in [-0.1, -0.05) is 0 Å². The van der Waals surface area contributed by atoms with Crippen molar-refractivity contribution in [3.05, 3.63) is 16.0 Å². The van der Waals surface area contributed by atoms with E-state index in [1.807, 2.05) is 0 Å². The minimum absolute atomic E-state index is 0.0717. The molecule has 0 fully saturated rings. The van der Waals surface area contributed by atoms with Gasteiger partial charge in [-0.05, 0) is 43.4 Å². The van der Waals surface area contributed by atoms with E-state index in [1.54, 1.807) is 12.4 Å². The predicted octanol–water partition coefficient (Wildman–Crippen LogP) is 2.42. The van der Waals surface area contributed by atoms with Crippen LogP contribution in [0.15, 0.2) is 12.4 Å². The van der Waals surface area contributed by atoms with Crippen LogP contribution in [-0.2, 0) is 0 Å². The molecule has 0 aliphatic heterocycles. The molecule has 0 aromatic carbocycles. The van der Waals surface area contributed by atoms with Crippen LogP contribution in [-0.4, -0.2) is 20.5 Å². The van der Waals surface area contributed by atoms with Gasteiger partial charge in [0.2, 0.25) is 5.95 Å². The van der Waals surface area contributed by atoms with Crippen molar-refractivity contribution in [1.29, 1.82) is 0 Å². The lowest BCUT2D eigenvalue weighted by atomic mass is 10.1. The monoisotopic (exact) mass is 343 g/mol. The summed E-state index contributed by atoms with van der Waals surface area (Å²) in [6, 6.07) is 0. The second kappa shape index (κ2) is 4.25. The third kappa shape index (κ3) is 2.74. The van der Waals surface area contributed by atoms with E-state index in [0.717, 1.165) is 14.5 Å². The summed E-state index contributed by atoms with van der Waals surface area (Å²) in [6.07, 6.45) is 3.42. The van der Waals surface area contributed by atoms with Crippen molar-refractivity contribution >= 4 is 45.3 Å². The van der Waals surface area contributed by atoms with E-state index in [-0.39, 0.29) is 5.54 Å². The molecular weight excluding hydrogens is 329 g/mol. The predicted molar refractivity (Wildman–Crippen MR) is 77.8 cm³/mol. The molecule has 0 spiro atoms. The van der Waals surface area contributed by atoms with E-state index in [9.17, 15) is 0 Å². The molecule has 0 amide bonds. The number of hydrogen-bond acceptors (Lipinski definition) is 5. The number of rotatable bonds is 1. The number of pyridine rings is 1. The van der Waals surface area contributed by atoms with Crippen LogP contribution in [0.4, 0.5) is 11.8 Å². The smallest absolute Gasteiger partial charge is 0.223 e. The first kappa shape index (κ1) is 12.3. The molecule has 2 aromatic rings. The lowest BCUT2D eigenvalue weighted by Gasteiger charge is -2.20. The number of anilines is 2. The summed E-state index contributed by atoms with van der Waals surface area (Å²) >= 11 is 2.19. The van der Waals surface area contributed by atoms with Crippen molar-refractivity contribution < 1.29 is 0 Å². The van der Waals surface area contributed by atoms with Crippen molar-refractivity contribution in [2.24, 2.45) is 0 Å². The molecular formula is C11H14IN5. The van der Waals surface area contributed by atoms with Crippen LogP contribution in [0.5, 0.6) is 0 Å². The molecule has 17 heavy (non-hydrogen) atoms. The van der Waals surface area contributed by atoms with E-state index in [2.05, 4.69) is 63.6 Å². The third-order valence-electron chi connectivity index (χ3n) is 2.09. The number of nitrogens with two attached hydrogens (primary N) is 1. The zero-order valence-electron chi connectivity index (χ0n) is 9.95. The van der Waals surface area contributed by atoms with Crippen molar-refractivity contribution in [1.82, 2.24) is 15.0 Å². The Hall–Kier alpha value is -1.18. The number of nitrogens with zero attached hydrogens (tertiary/aromatic N) is 3. The maximum Gasteiger partial charge on any atom is 0.223 e. The second-order valence-electron chi connectivity index (χ2n) is 4.82. The number of hydrogen-bond donors (Lipinski definition) is 2. The van der Waals surface area contributed by atoms with Crippen LogP contribution >= 0.6 is 22.6 Å². The van der Waals surface area contributed by atoms with Crippen molar-refractivity contribution in [2.45, 2.75) is 26.3 Å².